The van der Waals surface area contributed by atoms with Gasteiger partial charge in [-0.2, -0.15) is 0 Å². The molecule has 0 aliphatic heterocycles. The van der Waals surface area contributed by atoms with Gasteiger partial charge >= 0.3 is 0 Å². The molecule has 1 aromatic rings. The largest absolute Gasteiger partial charge is 0.311 e. The highest BCUT2D eigenvalue weighted by Gasteiger charge is 1.96. The maximum atomic E-state index is 4.05. The summed E-state index contributed by atoms with van der Waals surface area (Å²) < 4.78 is 2.01. The Kier molecular flexibility index (Phi) is 9.30. The molecule has 0 atom stereocenters. The second-order valence-corrected chi connectivity index (χ2v) is 4.05. The van der Waals surface area contributed by atoms with E-state index in [1.165, 1.54) is 38.5 Å². The van der Waals surface area contributed by atoms with Crippen LogP contribution >= 0.6 is 17.0 Å². The van der Waals surface area contributed by atoms with E-state index in [1.54, 1.807) is 6.20 Å². The van der Waals surface area contributed by atoms with Crippen molar-refractivity contribution >= 4 is 22.7 Å². The molecule has 0 spiro atoms. The van der Waals surface area contributed by atoms with Gasteiger partial charge in [0.05, 0.1) is 6.33 Å². The van der Waals surface area contributed by atoms with E-state index in [0.717, 1.165) is 12.1 Å². The molecule has 1 aromatic heterocycles. The summed E-state index contributed by atoms with van der Waals surface area (Å²) in [6.07, 6.45) is 14.7. The molecule has 0 unspecified atom stereocenters. The van der Waals surface area contributed by atoms with Crippen LogP contribution in [0.4, 0.5) is 0 Å². The quantitative estimate of drug-likeness (QED) is 0.635. The number of rotatable bonds is 8. The molecule has 92 valence electrons. The summed E-state index contributed by atoms with van der Waals surface area (Å²) in [6.45, 7) is 6.30. The van der Waals surface area contributed by atoms with Crippen LogP contribution in [0.1, 0.15) is 51.9 Å². The summed E-state index contributed by atoms with van der Waals surface area (Å²) in [6, 6.07) is 0. The lowest BCUT2D eigenvalue weighted by molar-refractivity contribution is 0.610. The Balaban J connectivity index is 0.00000225. The Morgan fingerprint density at radius 2 is 1.88 bits per heavy atom. The van der Waals surface area contributed by atoms with Gasteiger partial charge in [-0.25, -0.2) is 4.98 Å². The second kappa shape index (κ2) is 9.64. The van der Waals surface area contributed by atoms with Gasteiger partial charge in [0.15, 0.2) is 0 Å². The molecular formula is C13H23BrN2. The molecule has 0 aromatic carbocycles. The maximum Gasteiger partial charge on any atom is 0.0988 e. The molecule has 0 N–H and O–H groups in total. The molecule has 0 fully saturated rings. The minimum atomic E-state index is 0. The van der Waals surface area contributed by atoms with Gasteiger partial charge in [0.1, 0.15) is 0 Å². The highest BCUT2D eigenvalue weighted by Crippen LogP contribution is 2.13. The van der Waals surface area contributed by atoms with Crippen LogP contribution in [-0.2, 0) is 0 Å². The first-order chi connectivity index (χ1) is 7.34. The number of imidazole rings is 1. The molecule has 0 amide bonds. The van der Waals surface area contributed by atoms with E-state index < -0.39 is 0 Å². The van der Waals surface area contributed by atoms with Gasteiger partial charge in [0.2, 0.25) is 0 Å². The molecule has 0 saturated heterocycles. The van der Waals surface area contributed by atoms with E-state index in [0.29, 0.717) is 0 Å². The molecule has 0 bridgehead atoms. The SMILES string of the molecule is Br.C=C(CCCCCCCC)n1ccnc1. The van der Waals surface area contributed by atoms with Crippen molar-refractivity contribution in [3.8, 4) is 0 Å². The topological polar surface area (TPSA) is 17.8 Å². The summed E-state index contributed by atoms with van der Waals surface area (Å²) in [7, 11) is 0. The van der Waals surface area contributed by atoms with E-state index >= 15 is 0 Å². The number of halogens is 1. The van der Waals surface area contributed by atoms with Crippen LogP contribution < -0.4 is 0 Å². The predicted molar refractivity (Wildman–Crippen MR) is 75.9 cm³/mol. The molecule has 2 nitrogen and oxygen atoms in total. The summed E-state index contributed by atoms with van der Waals surface area (Å²) in [5.41, 5.74) is 1.16. The lowest BCUT2D eigenvalue weighted by Gasteiger charge is -2.05. The van der Waals surface area contributed by atoms with Crippen LogP contribution in [0.25, 0.3) is 5.70 Å². The van der Waals surface area contributed by atoms with Crippen molar-refractivity contribution in [2.45, 2.75) is 51.9 Å². The van der Waals surface area contributed by atoms with Crippen LogP contribution in [0.2, 0.25) is 0 Å². The first kappa shape index (κ1) is 15.4. The van der Waals surface area contributed by atoms with Gasteiger partial charge < -0.3 is 4.57 Å². The summed E-state index contributed by atoms with van der Waals surface area (Å²) in [4.78, 5) is 4.01. The number of hydrogen-bond acceptors (Lipinski definition) is 1. The monoisotopic (exact) mass is 286 g/mol. The first-order valence-corrected chi connectivity index (χ1v) is 6.00. The zero-order valence-electron chi connectivity index (χ0n) is 10.2. The number of nitrogens with zero attached hydrogens (tertiary/aromatic N) is 2. The molecule has 1 rings (SSSR count). The van der Waals surface area contributed by atoms with Gasteiger partial charge in [-0.05, 0) is 12.8 Å². The summed E-state index contributed by atoms with van der Waals surface area (Å²) >= 11 is 0. The highest BCUT2D eigenvalue weighted by molar-refractivity contribution is 8.93. The lowest BCUT2D eigenvalue weighted by atomic mass is 10.1. The number of allylic oxidation sites excluding steroid dienone is 1. The fraction of sp³-hybridized carbons (Fsp3) is 0.615. The third-order valence-electron chi connectivity index (χ3n) is 2.69. The predicted octanol–water partition coefficient (Wildman–Crippen LogP) is 4.68. The second-order valence-electron chi connectivity index (χ2n) is 4.05. The van der Waals surface area contributed by atoms with Crippen molar-refractivity contribution in [2.24, 2.45) is 0 Å². The summed E-state index contributed by atoms with van der Waals surface area (Å²) in [5.74, 6) is 0. The third kappa shape index (κ3) is 6.11. The minimum absolute atomic E-state index is 0. The van der Waals surface area contributed by atoms with Crippen molar-refractivity contribution < 1.29 is 0 Å². The fourth-order valence-electron chi connectivity index (χ4n) is 1.68. The average molecular weight is 287 g/mol. The van der Waals surface area contributed by atoms with Crippen molar-refractivity contribution in [3.05, 3.63) is 25.3 Å². The van der Waals surface area contributed by atoms with E-state index in [1.807, 2.05) is 17.1 Å². The van der Waals surface area contributed by atoms with E-state index in [9.17, 15) is 0 Å². The Morgan fingerprint density at radius 1 is 1.19 bits per heavy atom. The molecule has 1 heterocycles. The number of unbranched alkanes of at least 4 members (excludes halogenated alkanes) is 5. The van der Waals surface area contributed by atoms with Crippen LogP contribution in [0.3, 0.4) is 0 Å². The minimum Gasteiger partial charge on any atom is -0.311 e. The van der Waals surface area contributed by atoms with Crippen LogP contribution in [0.5, 0.6) is 0 Å². The van der Waals surface area contributed by atoms with Crippen molar-refractivity contribution in [1.29, 1.82) is 0 Å². The van der Waals surface area contributed by atoms with Gasteiger partial charge in [-0.3, -0.25) is 0 Å². The molecular weight excluding hydrogens is 264 g/mol. The standard InChI is InChI=1S/C13H22N2.BrH/c1-3-4-5-6-7-8-9-13(2)15-11-10-14-12-15;/h10-12H,2-9H2,1H3;1H. The van der Waals surface area contributed by atoms with Crippen molar-refractivity contribution in [2.75, 3.05) is 0 Å². The Bertz CT molecular complexity index is 267. The number of aromatic nitrogens is 2. The van der Waals surface area contributed by atoms with Crippen molar-refractivity contribution in [1.82, 2.24) is 9.55 Å². The zero-order valence-corrected chi connectivity index (χ0v) is 11.9. The van der Waals surface area contributed by atoms with E-state index in [4.69, 9.17) is 0 Å². The van der Waals surface area contributed by atoms with E-state index in [2.05, 4.69) is 18.5 Å². The normalized spacial score (nSPS) is 9.81. The maximum absolute atomic E-state index is 4.05. The van der Waals surface area contributed by atoms with E-state index in [-0.39, 0.29) is 17.0 Å². The Hall–Kier alpha value is -0.570. The third-order valence-corrected chi connectivity index (χ3v) is 2.69. The summed E-state index contributed by atoms with van der Waals surface area (Å²) in [5, 5.41) is 0. The molecule has 3 heteroatoms. The van der Waals surface area contributed by atoms with Crippen LogP contribution in [0.15, 0.2) is 25.3 Å². The van der Waals surface area contributed by atoms with Crippen LogP contribution in [0, 0.1) is 0 Å². The van der Waals surface area contributed by atoms with Gasteiger partial charge in [-0.1, -0.05) is 45.6 Å². The first-order valence-electron chi connectivity index (χ1n) is 6.00. The molecule has 0 aliphatic rings. The fourth-order valence-corrected chi connectivity index (χ4v) is 1.68. The van der Waals surface area contributed by atoms with Gasteiger partial charge in [-0.15, -0.1) is 17.0 Å². The molecule has 0 radical (unpaired) electrons. The van der Waals surface area contributed by atoms with Crippen LogP contribution in [-0.4, -0.2) is 9.55 Å². The Labute approximate surface area is 110 Å². The molecule has 0 saturated carbocycles. The number of hydrogen-bond donors (Lipinski definition) is 0. The Morgan fingerprint density at radius 3 is 2.50 bits per heavy atom. The molecule has 0 aliphatic carbocycles. The smallest absolute Gasteiger partial charge is 0.0988 e. The van der Waals surface area contributed by atoms with Crippen molar-refractivity contribution in [3.63, 3.8) is 0 Å². The molecule has 16 heavy (non-hydrogen) atoms. The highest BCUT2D eigenvalue weighted by atomic mass is 79.9. The zero-order chi connectivity index (χ0) is 10.9. The average Bonchev–Trinajstić information content (AvgIpc) is 2.76. The van der Waals surface area contributed by atoms with Gasteiger partial charge in [0, 0.05) is 18.1 Å². The lowest BCUT2D eigenvalue weighted by Crippen LogP contribution is -1.92. The van der Waals surface area contributed by atoms with Gasteiger partial charge in [0.25, 0.3) is 0 Å².